The standard InChI is InChI=1S/C50H41NO/c1-5-50(6-2)41-22-14-11-19-38(41)46-43(31-45-47(48(46)50)39-20-12-15-23-44(39)52-45)51(34-26-24-33(25-27-34)32-16-8-7-9-17-32)35-28-29-37-36-18-10-13-21-40(36)49(3,4)42(37)30-35/h7-31H,5-6H2,1-4H3. The summed E-state index contributed by atoms with van der Waals surface area (Å²) in [5.41, 5.74) is 18.3. The third-order valence-corrected chi connectivity index (χ3v) is 12.3. The molecule has 252 valence electrons. The molecule has 1 heterocycles. The van der Waals surface area contributed by atoms with E-state index >= 15 is 0 Å². The molecule has 2 heteroatoms. The predicted molar refractivity (Wildman–Crippen MR) is 218 cm³/mol. The molecule has 2 aliphatic carbocycles. The molecule has 7 aromatic carbocycles. The van der Waals surface area contributed by atoms with Crippen LogP contribution in [0.4, 0.5) is 17.1 Å². The molecule has 0 saturated heterocycles. The molecular formula is C50H41NO. The molecule has 0 bridgehead atoms. The lowest BCUT2D eigenvalue weighted by Crippen LogP contribution is -2.23. The Hall–Kier alpha value is -5.86. The molecule has 8 aromatic rings. The molecule has 0 amide bonds. The smallest absolute Gasteiger partial charge is 0.137 e. The zero-order valence-corrected chi connectivity index (χ0v) is 30.2. The molecule has 0 unspecified atom stereocenters. The number of furan rings is 1. The van der Waals surface area contributed by atoms with E-state index in [2.05, 4.69) is 184 Å². The van der Waals surface area contributed by atoms with Gasteiger partial charge in [0, 0.05) is 44.6 Å². The highest BCUT2D eigenvalue weighted by molar-refractivity contribution is 6.14. The number of hydrogen-bond donors (Lipinski definition) is 0. The normalized spacial score (nSPS) is 14.6. The third-order valence-electron chi connectivity index (χ3n) is 12.3. The molecule has 0 radical (unpaired) electrons. The van der Waals surface area contributed by atoms with Crippen LogP contribution in [-0.2, 0) is 10.8 Å². The quantitative estimate of drug-likeness (QED) is 0.175. The van der Waals surface area contributed by atoms with Crippen molar-refractivity contribution in [1.82, 2.24) is 0 Å². The van der Waals surface area contributed by atoms with Crippen LogP contribution >= 0.6 is 0 Å². The van der Waals surface area contributed by atoms with Gasteiger partial charge in [0.15, 0.2) is 0 Å². The van der Waals surface area contributed by atoms with Gasteiger partial charge in [0.2, 0.25) is 0 Å². The van der Waals surface area contributed by atoms with Crippen molar-refractivity contribution in [2.45, 2.75) is 51.4 Å². The Balaban J connectivity index is 1.30. The Kier molecular flexibility index (Phi) is 6.73. The second-order valence-corrected chi connectivity index (χ2v) is 15.1. The third kappa shape index (κ3) is 4.18. The molecular weight excluding hydrogens is 631 g/mol. The largest absolute Gasteiger partial charge is 0.456 e. The van der Waals surface area contributed by atoms with Crippen LogP contribution in [0.5, 0.6) is 0 Å². The first-order valence-corrected chi connectivity index (χ1v) is 18.7. The van der Waals surface area contributed by atoms with E-state index < -0.39 is 0 Å². The van der Waals surface area contributed by atoms with Gasteiger partial charge in [0.05, 0.1) is 5.69 Å². The Morgan fingerprint density at radius 3 is 1.90 bits per heavy atom. The first kappa shape index (κ1) is 30.9. The van der Waals surface area contributed by atoms with Crippen molar-refractivity contribution in [3.63, 3.8) is 0 Å². The summed E-state index contributed by atoms with van der Waals surface area (Å²) < 4.78 is 6.82. The van der Waals surface area contributed by atoms with Gasteiger partial charge >= 0.3 is 0 Å². The highest BCUT2D eigenvalue weighted by Gasteiger charge is 2.45. The topological polar surface area (TPSA) is 16.4 Å². The van der Waals surface area contributed by atoms with E-state index in [1.54, 1.807) is 0 Å². The van der Waals surface area contributed by atoms with Crippen LogP contribution in [-0.4, -0.2) is 0 Å². The molecule has 0 fully saturated rings. The number of rotatable bonds is 6. The molecule has 0 aliphatic heterocycles. The lowest BCUT2D eigenvalue weighted by Gasteiger charge is -2.32. The minimum Gasteiger partial charge on any atom is -0.456 e. The van der Waals surface area contributed by atoms with Crippen molar-refractivity contribution in [3.8, 4) is 33.4 Å². The maximum atomic E-state index is 6.82. The zero-order chi connectivity index (χ0) is 35.2. The monoisotopic (exact) mass is 671 g/mol. The molecule has 0 saturated carbocycles. The maximum Gasteiger partial charge on any atom is 0.137 e. The van der Waals surface area contributed by atoms with E-state index in [9.17, 15) is 0 Å². The van der Waals surface area contributed by atoms with E-state index in [0.29, 0.717) is 0 Å². The fraction of sp³-hybridized carbons (Fsp3) is 0.160. The summed E-state index contributed by atoms with van der Waals surface area (Å²) in [4.78, 5) is 2.50. The lowest BCUT2D eigenvalue weighted by atomic mass is 9.72. The Morgan fingerprint density at radius 2 is 1.13 bits per heavy atom. The van der Waals surface area contributed by atoms with Crippen molar-refractivity contribution >= 4 is 39.0 Å². The summed E-state index contributed by atoms with van der Waals surface area (Å²) in [6.45, 7) is 9.45. The average Bonchev–Trinajstić information content (AvgIpc) is 3.79. The van der Waals surface area contributed by atoms with Crippen LogP contribution in [0.3, 0.4) is 0 Å². The van der Waals surface area contributed by atoms with Gasteiger partial charge in [0.25, 0.3) is 0 Å². The average molecular weight is 672 g/mol. The van der Waals surface area contributed by atoms with Gasteiger partial charge in [-0.15, -0.1) is 0 Å². The van der Waals surface area contributed by atoms with Gasteiger partial charge < -0.3 is 9.32 Å². The van der Waals surface area contributed by atoms with Crippen molar-refractivity contribution in [2.75, 3.05) is 4.90 Å². The van der Waals surface area contributed by atoms with E-state index in [-0.39, 0.29) is 10.8 Å². The second-order valence-electron chi connectivity index (χ2n) is 15.1. The predicted octanol–water partition coefficient (Wildman–Crippen LogP) is 14.1. The van der Waals surface area contributed by atoms with Gasteiger partial charge in [-0.1, -0.05) is 143 Å². The fourth-order valence-corrected chi connectivity index (χ4v) is 9.73. The summed E-state index contributed by atoms with van der Waals surface area (Å²) in [7, 11) is 0. The van der Waals surface area contributed by atoms with Gasteiger partial charge in [-0.3, -0.25) is 0 Å². The zero-order valence-electron chi connectivity index (χ0n) is 30.2. The van der Waals surface area contributed by atoms with Crippen LogP contribution in [0.15, 0.2) is 156 Å². The summed E-state index contributed by atoms with van der Waals surface area (Å²) in [5.74, 6) is 0. The molecule has 1 aromatic heterocycles. The van der Waals surface area contributed by atoms with E-state index in [0.717, 1.165) is 41.1 Å². The molecule has 0 N–H and O–H groups in total. The SMILES string of the molecule is CCC1(CC)c2ccccc2-c2c(N(c3ccc(-c4ccccc4)cc3)c3ccc4c(c3)C(C)(C)c3ccccc3-4)cc3oc4ccccc4c3c21. The number of hydrogen-bond acceptors (Lipinski definition) is 2. The molecule has 52 heavy (non-hydrogen) atoms. The van der Waals surface area contributed by atoms with Crippen molar-refractivity contribution in [1.29, 1.82) is 0 Å². The summed E-state index contributed by atoms with van der Waals surface area (Å²) >= 11 is 0. The summed E-state index contributed by atoms with van der Waals surface area (Å²) in [5, 5.41) is 2.44. The van der Waals surface area contributed by atoms with E-state index in [4.69, 9.17) is 4.42 Å². The molecule has 0 spiro atoms. The van der Waals surface area contributed by atoms with Crippen molar-refractivity contribution in [3.05, 3.63) is 174 Å². The van der Waals surface area contributed by atoms with Gasteiger partial charge in [-0.2, -0.15) is 0 Å². The minimum atomic E-state index is -0.142. The maximum absolute atomic E-state index is 6.82. The molecule has 0 atom stereocenters. The number of anilines is 3. The van der Waals surface area contributed by atoms with Crippen LogP contribution in [0, 0.1) is 0 Å². The van der Waals surface area contributed by atoms with E-state index in [1.165, 1.54) is 66.4 Å². The van der Waals surface area contributed by atoms with Crippen LogP contribution in [0.25, 0.3) is 55.3 Å². The lowest BCUT2D eigenvalue weighted by molar-refractivity contribution is 0.494. The van der Waals surface area contributed by atoms with Gasteiger partial charge in [-0.05, 0) is 93.2 Å². The highest BCUT2D eigenvalue weighted by Crippen LogP contribution is 2.61. The minimum absolute atomic E-state index is 0.123. The second kappa shape index (κ2) is 11.3. The summed E-state index contributed by atoms with van der Waals surface area (Å²) in [6, 6.07) is 55.8. The fourth-order valence-electron chi connectivity index (χ4n) is 9.73. The van der Waals surface area contributed by atoms with Gasteiger partial charge in [-0.25, -0.2) is 0 Å². The van der Waals surface area contributed by atoms with Crippen LogP contribution in [0.1, 0.15) is 62.8 Å². The molecule has 10 rings (SSSR count). The van der Waals surface area contributed by atoms with Crippen molar-refractivity contribution in [2.24, 2.45) is 0 Å². The van der Waals surface area contributed by atoms with Crippen LogP contribution < -0.4 is 4.90 Å². The van der Waals surface area contributed by atoms with E-state index in [1.807, 2.05) is 0 Å². The Morgan fingerprint density at radius 1 is 0.519 bits per heavy atom. The van der Waals surface area contributed by atoms with Crippen molar-refractivity contribution < 1.29 is 4.42 Å². The van der Waals surface area contributed by atoms with Crippen LogP contribution in [0.2, 0.25) is 0 Å². The Labute approximate surface area is 306 Å². The summed E-state index contributed by atoms with van der Waals surface area (Å²) in [6.07, 6.45) is 2.01. The van der Waals surface area contributed by atoms with Gasteiger partial charge in [0.1, 0.15) is 11.2 Å². The number of fused-ring (bicyclic) bond motifs is 10. The Bertz CT molecular complexity index is 2670. The first-order valence-electron chi connectivity index (χ1n) is 18.7. The number of nitrogens with zero attached hydrogens (tertiary/aromatic N) is 1. The highest BCUT2D eigenvalue weighted by atomic mass is 16.3. The number of benzene rings is 7. The number of para-hydroxylation sites is 1. The first-order chi connectivity index (χ1) is 25.4. The molecule has 2 aliphatic rings. The molecule has 2 nitrogen and oxygen atoms in total.